The molecule has 0 bridgehead atoms. The van der Waals surface area contributed by atoms with Crippen LogP contribution in [0.2, 0.25) is 0 Å². The zero-order valence-electron chi connectivity index (χ0n) is 17.9. The Morgan fingerprint density at radius 2 is 1.83 bits per heavy atom. The Balaban J connectivity index is 1.76. The number of ether oxygens (including phenoxy) is 1. The molecule has 7 nitrogen and oxygen atoms in total. The maximum absolute atomic E-state index is 12.8. The number of hydrogen-bond acceptors (Lipinski definition) is 7. The summed E-state index contributed by atoms with van der Waals surface area (Å²) in [6, 6.07) is 5.33. The lowest BCUT2D eigenvalue weighted by Crippen LogP contribution is -2.22. The highest BCUT2D eigenvalue weighted by Gasteiger charge is 2.19. The van der Waals surface area contributed by atoms with Crippen LogP contribution in [0.25, 0.3) is 0 Å². The number of carbonyl (C=O) groups excluding carboxylic acids is 2. The van der Waals surface area contributed by atoms with Crippen LogP contribution in [0.5, 0.6) is 0 Å². The maximum atomic E-state index is 12.8. The molecular formula is C22H28N4O3S. The average molecular weight is 429 g/mol. The number of nitrogens with zero attached hydrogens (tertiary/aromatic N) is 3. The highest BCUT2D eigenvalue weighted by atomic mass is 32.2. The number of hydrogen-bond donors (Lipinski definition) is 1. The standard InChI is InChI=1S/C22H28N4O3S/c1-14-17(15(2)24-22(23-14)30-4)8-10-20(27)25-18-13-16(21(28)29-3)7-9-19(18)26-11-5-6-12-26/h7,9,13H,5-6,8,10-12H2,1-4H3,(H,25,27). The number of aryl methyl sites for hydroxylation is 2. The molecule has 30 heavy (non-hydrogen) atoms. The maximum Gasteiger partial charge on any atom is 0.337 e. The quantitative estimate of drug-likeness (QED) is 0.408. The van der Waals surface area contributed by atoms with Crippen molar-refractivity contribution < 1.29 is 14.3 Å². The van der Waals surface area contributed by atoms with Gasteiger partial charge in [0.05, 0.1) is 24.0 Å². The zero-order valence-corrected chi connectivity index (χ0v) is 18.8. The van der Waals surface area contributed by atoms with E-state index in [1.54, 1.807) is 12.1 Å². The fraction of sp³-hybridized carbons (Fsp3) is 0.455. The van der Waals surface area contributed by atoms with Crippen molar-refractivity contribution in [2.24, 2.45) is 0 Å². The van der Waals surface area contributed by atoms with Crippen LogP contribution in [0, 0.1) is 13.8 Å². The van der Waals surface area contributed by atoms with Crippen LogP contribution in [0.4, 0.5) is 11.4 Å². The van der Waals surface area contributed by atoms with Gasteiger partial charge >= 0.3 is 5.97 Å². The van der Waals surface area contributed by atoms with E-state index in [-0.39, 0.29) is 5.91 Å². The van der Waals surface area contributed by atoms with Gasteiger partial charge in [0.2, 0.25) is 5.91 Å². The summed E-state index contributed by atoms with van der Waals surface area (Å²) < 4.78 is 4.83. The molecule has 1 fully saturated rings. The molecule has 8 heteroatoms. The van der Waals surface area contributed by atoms with Crippen LogP contribution in [0.1, 0.15) is 46.6 Å². The molecule has 0 spiro atoms. The highest BCUT2D eigenvalue weighted by molar-refractivity contribution is 7.98. The van der Waals surface area contributed by atoms with Crippen LogP contribution in [-0.2, 0) is 16.0 Å². The first-order chi connectivity index (χ1) is 14.4. The lowest BCUT2D eigenvalue weighted by Gasteiger charge is -2.22. The van der Waals surface area contributed by atoms with Gasteiger partial charge in [0.25, 0.3) is 0 Å². The molecule has 0 aliphatic carbocycles. The predicted octanol–water partition coefficient (Wildman–Crippen LogP) is 3.77. The van der Waals surface area contributed by atoms with E-state index < -0.39 is 5.97 Å². The second-order valence-electron chi connectivity index (χ2n) is 7.33. The molecule has 160 valence electrons. The minimum Gasteiger partial charge on any atom is -0.465 e. The molecule has 1 N–H and O–H groups in total. The number of anilines is 2. The fourth-order valence-electron chi connectivity index (χ4n) is 3.73. The van der Waals surface area contributed by atoms with Crippen molar-refractivity contribution in [3.63, 3.8) is 0 Å². The van der Waals surface area contributed by atoms with Gasteiger partial charge in [-0.15, -0.1) is 0 Å². The molecule has 0 atom stereocenters. The molecule has 1 aromatic carbocycles. The van der Waals surface area contributed by atoms with Gasteiger partial charge in [-0.1, -0.05) is 11.8 Å². The molecule has 0 radical (unpaired) electrons. The van der Waals surface area contributed by atoms with E-state index in [1.807, 2.05) is 26.2 Å². The van der Waals surface area contributed by atoms with E-state index in [9.17, 15) is 9.59 Å². The first-order valence-electron chi connectivity index (χ1n) is 10.1. The summed E-state index contributed by atoms with van der Waals surface area (Å²) in [7, 11) is 1.35. The van der Waals surface area contributed by atoms with Crippen molar-refractivity contribution in [2.45, 2.75) is 44.7 Å². The summed E-state index contributed by atoms with van der Waals surface area (Å²) in [5.41, 5.74) is 4.82. The molecular weight excluding hydrogens is 400 g/mol. The number of benzene rings is 1. The second-order valence-corrected chi connectivity index (χ2v) is 8.10. The Morgan fingerprint density at radius 1 is 1.17 bits per heavy atom. The van der Waals surface area contributed by atoms with Gasteiger partial charge in [0, 0.05) is 30.9 Å². The minimum atomic E-state index is -0.421. The number of nitrogens with one attached hydrogen (secondary N) is 1. The Bertz CT molecular complexity index is 919. The van der Waals surface area contributed by atoms with Gasteiger partial charge in [0.15, 0.2) is 5.16 Å². The molecule has 1 amide bonds. The SMILES string of the molecule is COC(=O)c1ccc(N2CCCC2)c(NC(=O)CCc2c(C)nc(SC)nc2C)c1. The molecule has 3 rings (SSSR count). The summed E-state index contributed by atoms with van der Waals surface area (Å²) >= 11 is 1.51. The van der Waals surface area contributed by atoms with Gasteiger partial charge in [-0.25, -0.2) is 14.8 Å². The monoisotopic (exact) mass is 428 g/mol. The number of thioether (sulfide) groups is 1. The normalized spacial score (nSPS) is 13.4. The third-order valence-corrected chi connectivity index (χ3v) is 5.87. The third-order valence-electron chi connectivity index (χ3n) is 5.32. The van der Waals surface area contributed by atoms with Crippen LogP contribution >= 0.6 is 11.8 Å². The van der Waals surface area contributed by atoms with Crippen molar-refractivity contribution in [3.05, 3.63) is 40.7 Å². The van der Waals surface area contributed by atoms with Crippen LogP contribution in [0.3, 0.4) is 0 Å². The summed E-state index contributed by atoms with van der Waals surface area (Å²) in [6.07, 6.45) is 5.06. The van der Waals surface area contributed by atoms with E-state index >= 15 is 0 Å². The van der Waals surface area contributed by atoms with Gasteiger partial charge in [-0.2, -0.15) is 0 Å². The van der Waals surface area contributed by atoms with Crippen molar-refractivity contribution >= 4 is 35.0 Å². The molecule has 0 unspecified atom stereocenters. The molecule has 1 saturated heterocycles. The van der Waals surface area contributed by atoms with Crippen molar-refractivity contribution in [1.29, 1.82) is 0 Å². The first kappa shape index (κ1) is 22.1. The molecule has 2 aromatic rings. The Labute approximate surface area is 181 Å². The summed E-state index contributed by atoms with van der Waals surface area (Å²) in [5.74, 6) is -0.527. The number of rotatable bonds is 7. The van der Waals surface area contributed by atoms with Gasteiger partial charge in [0.1, 0.15) is 0 Å². The van der Waals surface area contributed by atoms with Crippen molar-refractivity contribution in [1.82, 2.24) is 9.97 Å². The van der Waals surface area contributed by atoms with Gasteiger partial charge < -0.3 is 15.0 Å². The van der Waals surface area contributed by atoms with Crippen LogP contribution < -0.4 is 10.2 Å². The number of methoxy groups -OCH3 is 1. The fourth-order valence-corrected chi connectivity index (χ4v) is 4.18. The largest absolute Gasteiger partial charge is 0.465 e. The molecule has 1 aliphatic heterocycles. The lowest BCUT2D eigenvalue weighted by atomic mass is 10.1. The highest BCUT2D eigenvalue weighted by Crippen LogP contribution is 2.30. The van der Waals surface area contributed by atoms with Gasteiger partial charge in [-0.05, 0) is 63.1 Å². The predicted molar refractivity (Wildman–Crippen MR) is 119 cm³/mol. The lowest BCUT2D eigenvalue weighted by molar-refractivity contribution is -0.116. The Morgan fingerprint density at radius 3 is 2.43 bits per heavy atom. The number of esters is 1. The molecule has 2 heterocycles. The van der Waals surface area contributed by atoms with E-state index in [2.05, 4.69) is 20.2 Å². The average Bonchev–Trinajstić information content (AvgIpc) is 3.26. The second kappa shape index (κ2) is 9.93. The smallest absolute Gasteiger partial charge is 0.337 e. The molecule has 1 aromatic heterocycles. The number of carbonyl (C=O) groups is 2. The third kappa shape index (κ3) is 5.11. The van der Waals surface area contributed by atoms with Crippen molar-refractivity contribution in [3.8, 4) is 0 Å². The summed E-state index contributed by atoms with van der Waals surface area (Å²) in [4.78, 5) is 35.9. The van der Waals surface area contributed by atoms with E-state index in [0.29, 0.717) is 24.1 Å². The summed E-state index contributed by atoms with van der Waals surface area (Å²) in [6.45, 7) is 5.79. The number of amides is 1. The van der Waals surface area contributed by atoms with E-state index in [4.69, 9.17) is 4.74 Å². The van der Waals surface area contributed by atoms with E-state index in [0.717, 1.165) is 53.7 Å². The minimum absolute atomic E-state index is 0.106. The summed E-state index contributed by atoms with van der Waals surface area (Å²) in [5, 5.41) is 3.75. The van der Waals surface area contributed by atoms with Gasteiger partial charge in [-0.3, -0.25) is 4.79 Å². The van der Waals surface area contributed by atoms with Crippen LogP contribution in [0.15, 0.2) is 23.4 Å². The van der Waals surface area contributed by atoms with E-state index in [1.165, 1.54) is 18.9 Å². The Hall–Kier alpha value is -2.61. The molecule has 1 aliphatic rings. The molecule has 0 saturated carbocycles. The zero-order chi connectivity index (χ0) is 21.7. The topological polar surface area (TPSA) is 84.4 Å². The Kier molecular flexibility index (Phi) is 7.31. The van der Waals surface area contributed by atoms with Crippen molar-refractivity contribution in [2.75, 3.05) is 36.7 Å². The first-order valence-corrected chi connectivity index (χ1v) is 11.3. The van der Waals surface area contributed by atoms with Crippen LogP contribution in [-0.4, -0.2) is 48.3 Å². The number of aromatic nitrogens is 2.